The number of benzene rings is 2. The van der Waals surface area contributed by atoms with Gasteiger partial charge < -0.3 is 10.1 Å². The molecule has 0 radical (unpaired) electrons. The van der Waals surface area contributed by atoms with Crippen LogP contribution in [0.1, 0.15) is 5.56 Å². The molecule has 0 unspecified atom stereocenters. The van der Waals surface area contributed by atoms with Gasteiger partial charge in [0.1, 0.15) is 5.75 Å². The first kappa shape index (κ1) is 11.5. The first-order valence-corrected chi connectivity index (χ1v) is 5.67. The van der Waals surface area contributed by atoms with Crippen LogP contribution in [0.3, 0.4) is 0 Å². The van der Waals surface area contributed by atoms with E-state index in [1.54, 1.807) is 7.11 Å². The maximum atomic E-state index is 5.41. The van der Waals surface area contributed by atoms with Gasteiger partial charge in [0.15, 0.2) is 0 Å². The van der Waals surface area contributed by atoms with E-state index >= 15 is 0 Å². The zero-order chi connectivity index (χ0) is 12.3. The Labute approximate surface area is 102 Å². The molecule has 0 spiro atoms. The van der Waals surface area contributed by atoms with Gasteiger partial charge in [0.25, 0.3) is 0 Å². The van der Waals surface area contributed by atoms with E-state index in [2.05, 4.69) is 36.5 Å². The van der Waals surface area contributed by atoms with Crippen LogP contribution in [0.2, 0.25) is 0 Å². The van der Waals surface area contributed by atoms with Gasteiger partial charge in [-0.05, 0) is 36.8 Å². The largest absolute Gasteiger partial charge is 0.496 e. The predicted octanol–water partition coefficient (Wildman–Crippen LogP) is 3.71. The molecular formula is C15H17NO. The van der Waals surface area contributed by atoms with E-state index < -0.39 is 0 Å². The number of rotatable bonds is 3. The van der Waals surface area contributed by atoms with Crippen molar-refractivity contribution in [3.8, 4) is 16.9 Å². The molecule has 0 aliphatic heterocycles. The minimum atomic E-state index is 0.906. The standard InChI is InChI=1S/C15H17NO/c1-11-7-8-15(17-3)14(9-11)12-5-4-6-13(10-12)16-2/h4-10,16H,1-3H3. The summed E-state index contributed by atoms with van der Waals surface area (Å²) in [6.45, 7) is 2.09. The summed E-state index contributed by atoms with van der Waals surface area (Å²) in [7, 11) is 3.63. The zero-order valence-electron chi connectivity index (χ0n) is 10.4. The SMILES string of the molecule is CNc1cccc(-c2cc(C)ccc2OC)c1. The van der Waals surface area contributed by atoms with E-state index in [4.69, 9.17) is 4.74 Å². The van der Waals surface area contributed by atoms with Crippen LogP contribution in [0, 0.1) is 6.92 Å². The van der Waals surface area contributed by atoms with Crippen LogP contribution in [0.25, 0.3) is 11.1 Å². The van der Waals surface area contributed by atoms with Crippen LogP contribution in [0.15, 0.2) is 42.5 Å². The highest BCUT2D eigenvalue weighted by molar-refractivity contribution is 5.74. The lowest BCUT2D eigenvalue weighted by Gasteiger charge is -2.11. The number of methoxy groups -OCH3 is 1. The van der Waals surface area contributed by atoms with Gasteiger partial charge in [-0.1, -0.05) is 23.8 Å². The number of anilines is 1. The fourth-order valence-electron chi connectivity index (χ4n) is 1.89. The second kappa shape index (κ2) is 4.91. The number of hydrogen-bond donors (Lipinski definition) is 1. The Hall–Kier alpha value is -1.96. The van der Waals surface area contributed by atoms with Crippen molar-refractivity contribution >= 4 is 5.69 Å². The molecule has 2 aromatic rings. The second-order valence-corrected chi connectivity index (χ2v) is 4.03. The Bertz CT molecular complexity index is 520. The van der Waals surface area contributed by atoms with Crippen molar-refractivity contribution in [2.75, 3.05) is 19.5 Å². The first-order valence-electron chi connectivity index (χ1n) is 5.67. The molecule has 0 saturated carbocycles. The Morgan fingerprint density at radius 3 is 2.59 bits per heavy atom. The highest BCUT2D eigenvalue weighted by Crippen LogP contribution is 2.32. The molecule has 17 heavy (non-hydrogen) atoms. The highest BCUT2D eigenvalue weighted by Gasteiger charge is 2.06. The molecule has 2 heteroatoms. The molecular weight excluding hydrogens is 210 g/mol. The predicted molar refractivity (Wildman–Crippen MR) is 72.7 cm³/mol. The average molecular weight is 227 g/mol. The molecule has 0 atom stereocenters. The van der Waals surface area contributed by atoms with Crippen LogP contribution in [-0.2, 0) is 0 Å². The molecule has 0 aromatic heterocycles. The third-order valence-corrected chi connectivity index (χ3v) is 2.82. The number of hydrogen-bond acceptors (Lipinski definition) is 2. The molecule has 1 N–H and O–H groups in total. The summed E-state index contributed by atoms with van der Waals surface area (Å²) in [6.07, 6.45) is 0. The van der Waals surface area contributed by atoms with E-state index in [-0.39, 0.29) is 0 Å². The molecule has 0 bridgehead atoms. The van der Waals surface area contributed by atoms with Crippen LogP contribution in [0.4, 0.5) is 5.69 Å². The quantitative estimate of drug-likeness (QED) is 0.863. The third-order valence-electron chi connectivity index (χ3n) is 2.82. The second-order valence-electron chi connectivity index (χ2n) is 4.03. The van der Waals surface area contributed by atoms with Crippen LogP contribution in [0.5, 0.6) is 5.75 Å². The van der Waals surface area contributed by atoms with Crippen molar-refractivity contribution in [3.63, 3.8) is 0 Å². The van der Waals surface area contributed by atoms with Gasteiger partial charge in [0.05, 0.1) is 7.11 Å². The Balaban J connectivity index is 2.54. The third kappa shape index (κ3) is 2.41. The Kier molecular flexibility index (Phi) is 3.33. The van der Waals surface area contributed by atoms with Gasteiger partial charge in [0.2, 0.25) is 0 Å². The number of aryl methyl sites for hydroxylation is 1. The smallest absolute Gasteiger partial charge is 0.126 e. The van der Waals surface area contributed by atoms with E-state index in [1.165, 1.54) is 5.56 Å². The highest BCUT2D eigenvalue weighted by atomic mass is 16.5. The molecule has 88 valence electrons. The molecule has 0 heterocycles. The van der Waals surface area contributed by atoms with Gasteiger partial charge in [-0.2, -0.15) is 0 Å². The average Bonchev–Trinajstić information content (AvgIpc) is 2.39. The van der Waals surface area contributed by atoms with Crippen LogP contribution in [-0.4, -0.2) is 14.2 Å². The lowest BCUT2D eigenvalue weighted by atomic mass is 10.0. The summed E-state index contributed by atoms with van der Waals surface area (Å²) in [5.74, 6) is 0.906. The van der Waals surface area contributed by atoms with Crippen LogP contribution >= 0.6 is 0 Å². The maximum Gasteiger partial charge on any atom is 0.126 e. The topological polar surface area (TPSA) is 21.3 Å². The summed E-state index contributed by atoms with van der Waals surface area (Å²) < 4.78 is 5.41. The molecule has 0 aliphatic rings. The van der Waals surface area contributed by atoms with Crippen molar-refractivity contribution < 1.29 is 4.74 Å². The van der Waals surface area contributed by atoms with Crippen molar-refractivity contribution in [1.82, 2.24) is 0 Å². The van der Waals surface area contributed by atoms with Gasteiger partial charge >= 0.3 is 0 Å². The first-order chi connectivity index (χ1) is 8.24. The summed E-state index contributed by atoms with van der Waals surface area (Å²) in [4.78, 5) is 0. The van der Waals surface area contributed by atoms with Crippen molar-refractivity contribution in [3.05, 3.63) is 48.0 Å². The molecule has 2 rings (SSSR count). The molecule has 0 amide bonds. The number of ether oxygens (including phenoxy) is 1. The normalized spacial score (nSPS) is 10.1. The zero-order valence-corrected chi connectivity index (χ0v) is 10.4. The van der Waals surface area contributed by atoms with Gasteiger partial charge in [-0.15, -0.1) is 0 Å². The molecule has 0 aliphatic carbocycles. The summed E-state index contributed by atoms with van der Waals surface area (Å²) in [5.41, 5.74) is 4.63. The van der Waals surface area contributed by atoms with Gasteiger partial charge in [0, 0.05) is 18.3 Å². The monoisotopic (exact) mass is 227 g/mol. The van der Waals surface area contributed by atoms with Crippen molar-refractivity contribution in [2.24, 2.45) is 0 Å². The summed E-state index contributed by atoms with van der Waals surface area (Å²) in [6, 6.07) is 14.5. The Morgan fingerprint density at radius 2 is 1.88 bits per heavy atom. The molecule has 0 fully saturated rings. The number of nitrogens with one attached hydrogen (secondary N) is 1. The van der Waals surface area contributed by atoms with Crippen molar-refractivity contribution in [1.29, 1.82) is 0 Å². The summed E-state index contributed by atoms with van der Waals surface area (Å²) in [5, 5.41) is 3.15. The minimum Gasteiger partial charge on any atom is -0.496 e. The fraction of sp³-hybridized carbons (Fsp3) is 0.200. The van der Waals surface area contributed by atoms with Crippen LogP contribution < -0.4 is 10.1 Å². The van der Waals surface area contributed by atoms with E-state index in [9.17, 15) is 0 Å². The van der Waals surface area contributed by atoms with Gasteiger partial charge in [-0.3, -0.25) is 0 Å². The lowest BCUT2D eigenvalue weighted by molar-refractivity contribution is 0.416. The molecule has 2 nitrogen and oxygen atoms in total. The van der Waals surface area contributed by atoms with E-state index in [1.807, 2.05) is 25.2 Å². The Morgan fingerprint density at radius 1 is 1.06 bits per heavy atom. The maximum absolute atomic E-state index is 5.41. The fourth-order valence-corrected chi connectivity index (χ4v) is 1.89. The van der Waals surface area contributed by atoms with E-state index in [0.717, 1.165) is 22.6 Å². The molecule has 0 saturated heterocycles. The lowest BCUT2D eigenvalue weighted by Crippen LogP contribution is -1.91. The minimum absolute atomic E-state index is 0.906. The van der Waals surface area contributed by atoms with Gasteiger partial charge in [-0.25, -0.2) is 0 Å². The summed E-state index contributed by atoms with van der Waals surface area (Å²) >= 11 is 0. The molecule has 2 aromatic carbocycles. The van der Waals surface area contributed by atoms with Crippen molar-refractivity contribution in [2.45, 2.75) is 6.92 Å². The van der Waals surface area contributed by atoms with E-state index in [0.29, 0.717) is 0 Å².